The number of nitrogens with one attached hydrogen (secondary N) is 1. The highest BCUT2D eigenvalue weighted by molar-refractivity contribution is 5.91. The first kappa shape index (κ1) is 19.2. The molecule has 3 heterocycles. The lowest BCUT2D eigenvalue weighted by Gasteiger charge is -2.30. The molecule has 29 heavy (non-hydrogen) atoms. The highest BCUT2D eigenvalue weighted by Crippen LogP contribution is 2.28. The Hall–Kier alpha value is -3.11. The second-order valence-corrected chi connectivity index (χ2v) is 7.82. The molecule has 2 N–H and O–H groups in total. The number of furan rings is 1. The minimum absolute atomic E-state index is 0.175. The van der Waals surface area contributed by atoms with Crippen LogP contribution in [0, 0.1) is 17.7 Å². The van der Waals surface area contributed by atoms with E-state index in [1.807, 2.05) is 0 Å². The SMILES string of the molecule is CC(C)(O)C#Cc1ccc(C(=O)N2CCC(c3nc4ccc(F)cc4[nH]3)CC2)o1. The topological polar surface area (TPSA) is 82.4 Å². The van der Waals surface area contributed by atoms with Gasteiger partial charge in [-0.05, 0) is 62.9 Å². The number of benzene rings is 1. The summed E-state index contributed by atoms with van der Waals surface area (Å²) >= 11 is 0. The van der Waals surface area contributed by atoms with E-state index in [0.717, 1.165) is 24.2 Å². The van der Waals surface area contributed by atoms with Crippen LogP contribution in [0.15, 0.2) is 34.7 Å². The Morgan fingerprint density at radius 1 is 1.31 bits per heavy atom. The molecule has 0 spiro atoms. The van der Waals surface area contributed by atoms with Gasteiger partial charge in [0.05, 0.1) is 11.0 Å². The maximum Gasteiger partial charge on any atom is 0.289 e. The molecule has 7 heteroatoms. The Balaban J connectivity index is 1.40. The second kappa shape index (κ2) is 7.37. The largest absolute Gasteiger partial charge is 0.443 e. The van der Waals surface area contributed by atoms with Crippen molar-refractivity contribution in [2.75, 3.05) is 13.1 Å². The van der Waals surface area contributed by atoms with E-state index in [1.54, 1.807) is 36.9 Å². The van der Waals surface area contributed by atoms with Gasteiger partial charge in [0.25, 0.3) is 5.91 Å². The normalized spacial score (nSPS) is 15.4. The molecular weight excluding hydrogens is 373 g/mol. The third-order valence-electron chi connectivity index (χ3n) is 4.94. The van der Waals surface area contributed by atoms with Crippen LogP contribution in [-0.4, -0.2) is 44.6 Å². The summed E-state index contributed by atoms with van der Waals surface area (Å²) in [6.45, 7) is 4.33. The van der Waals surface area contributed by atoms with Gasteiger partial charge in [-0.2, -0.15) is 0 Å². The van der Waals surface area contributed by atoms with E-state index in [4.69, 9.17) is 4.42 Å². The first-order valence-electron chi connectivity index (χ1n) is 9.58. The average Bonchev–Trinajstić information content (AvgIpc) is 3.32. The zero-order valence-electron chi connectivity index (χ0n) is 16.3. The number of rotatable bonds is 2. The fourth-order valence-corrected chi connectivity index (χ4v) is 3.44. The van der Waals surface area contributed by atoms with E-state index in [2.05, 4.69) is 21.8 Å². The van der Waals surface area contributed by atoms with Gasteiger partial charge in [0, 0.05) is 19.0 Å². The number of hydrogen-bond acceptors (Lipinski definition) is 4. The number of halogens is 1. The van der Waals surface area contributed by atoms with Gasteiger partial charge in [-0.1, -0.05) is 5.92 Å². The van der Waals surface area contributed by atoms with Gasteiger partial charge in [-0.25, -0.2) is 9.37 Å². The molecule has 150 valence electrons. The summed E-state index contributed by atoms with van der Waals surface area (Å²) in [5.41, 5.74) is 0.310. The van der Waals surface area contributed by atoms with E-state index in [9.17, 15) is 14.3 Å². The third kappa shape index (κ3) is 4.33. The molecule has 0 aliphatic carbocycles. The van der Waals surface area contributed by atoms with Crippen molar-refractivity contribution in [3.05, 3.63) is 53.5 Å². The number of H-pyrrole nitrogens is 1. The first-order valence-corrected chi connectivity index (χ1v) is 9.58. The molecule has 6 nitrogen and oxygen atoms in total. The van der Waals surface area contributed by atoms with E-state index in [0.29, 0.717) is 24.4 Å². The fourth-order valence-electron chi connectivity index (χ4n) is 3.44. The third-order valence-corrected chi connectivity index (χ3v) is 4.94. The maximum atomic E-state index is 13.4. The summed E-state index contributed by atoms with van der Waals surface area (Å²) in [5.74, 6) is 6.54. The van der Waals surface area contributed by atoms with Crippen LogP contribution in [0.3, 0.4) is 0 Å². The van der Waals surface area contributed by atoms with Crippen molar-refractivity contribution in [3.8, 4) is 11.8 Å². The number of aromatic amines is 1. The van der Waals surface area contributed by atoms with Gasteiger partial charge in [0.15, 0.2) is 11.5 Å². The van der Waals surface area contributed by atoms with Gasteiger partial charge >= 0.3 is 0 Å². The number of likely N-dealkylation sites (tertiary alicyclic amines) is 1. The van der Waals surface area contributed by atoms with Crippen molar-refractivity contribution in [1.29, 1.82) is 0 Å². The molecule has 0 saturated carbocycles. The van der Waals surface area contributed by atoms with Crippen molar-refractivity contribution < 1.29 is 18.7 Å². The summed E-state index contributed by atoms with van der Waals surface area (Å²) in [6.07, 6.45) is 1.53. The summed E-state index contributed by atoms with van der Waals surface area (Å²) in [5, 5.41) is 9.66. The number of fused-ring (bicyclic) bond motifs is 1. The van der Waals surface area contributed by atoms with Gasteiger partial charge in [-0.3, -0.25) is 4.79 Å². The number of carbonyl (C=O) groups excluding carboxylic acids is 1. The van der Waals surface area contributed by atoms with Crippen LogP contribution >= 0.6 is 0 Å². The molecule has 1 aromatic carbocycles. The number of piperidine rings is 1. The minimum Gasteiger partial charge on any atom is -0.443 e. The monoisotopic (exact) mass is 395 g/mol. The molecule has 1 aliphatic heterocycles. The number of imidazole rings is 1. The molecule has 4 rings (SSSR count). The minimum atomic E-state index is -1.12. The Kier molecular flexibility index (Phi) is 4.89. The molecule has 0 radical (unpaired) electrons. The van der Waals surface area contributed by atoms with Crippen molar-refractivity contribution in [2.24, 2.45) is 0 Å². The highest BCUT2D eigenvalue weighted by atomic mass is 19.1. The van der Waals surface area contributed by atoms with Crippen LogP contribution in [-0.2, 0) is 0 Å². The number of amides is 1. The van der Waals surface area contributed by atoms with Crippen LogP contribution in [0.2, 0.25) is 0 Å². The molecule has 0 bridgehead atoms. The van der Waals surface area contributed by atoms with Crippen molar-refractivity contribution in [2.45, 2.75) is 38.2 Å². The molecule has 1 amide bonds. The molecule has 1 aliphatic rings. The van der Waals surface area contributed by atoms with E-state index >= 15 is 0 Å². The zero-order valence-corrected chi connectivity index (χ0v) is 16.3. The molecule has 0 unspecified atom stereocenters. The number of nitrogens with zero attached hydrogens (tertiary/aromatic N) is 2. The molecule has 3 aromatic rings. The van der Waals surface area contributed by atoms with Crippen LogP contribution in [0.25, 0.3) is 11.0 Å². The summed E-state index contributed by atoms with van der Waals surface area (Å²) in [6, 6.07) is 7.75. The van der Waals surface area contributed by atoms with Gasteiger partial charge in [-0.15, -0.1) is 0 Å². The van der Waals surface area contributed by atoms with Crippen molar-refractivity contribution >= 4 is 16.9 Å². The number of hydrogen-bond donors (Lipinski definition) is 2. The summed E-state index contributed by atoms with van der Waals surface area (Å²) in [7, 11) is 0. The molecule has 1 fully saturated rings. The molecule has 2 aromatic heterocycles. The number of aromatic nitrogens is 2. The lowest BCUT2D eigenvalue weighted by Crippen LogP contribution is -2.37. The van der Waals surface area contributed by atoms with E-state index in [1.165, 1.54) is 12.1 Å². The molecular formula is C22H22FN3O3. The summed E-state index contributed by atoms with van der Waals surface area (Å²) < 4.78 is 18.9. The Labute approximate surface area is 167 Å². The zero-order chi connectivity index (χ0) is 20.6. The van der Waals surface area contributed by atoms with Crippen LogP contribution < -0.4 is 0 Å². The summed E-state index contributed by atoms with van der Waals surface area (Å²) in [4.78, 5) is 22.2. The maximum absolute atomic E-state index is 13.4. The predicted octanol–water partition coefficient (Wildman–Crippen LogP) is 3.44. The van der Waals surface area contributed by atoms with E-state index < -0.39 is 5.60 Å². The van der Waals surface area contributed by atoms with Gasteiger partial charge in [0.2, 0.25) is 0 Å². The van der Waals surface area contributed by atoms with Crippen molar-refractivity contribution in [1.82, 2.24) is 14.9 Å². The van der Waals surface area contributed by atoms with E-state index in [-0.39, 0.29) is 23.4 Å². The number of aliphatic hydroxyl groups is 1. The first-order chi connectivity index (χ1) is 13.8. The molecule has 0 atom stereocenters. The van der Waals surface area contributed by atoms with Crippen LogP contribution in [0.1, 0.15) is 54.7 Å². The van der Waals surface area contributed by atoms with Gasteiger partial charge in [0.1, 0.15) is 17.2 Å². The standard InChI is InChI=1S/C22H22FN3O3/c1-22(2,28)10-7-16-4-6-19(29-16)21(27)26-11-8-14(9-12-26)20-24-17-5-3-15(23)13-18(17)25-20/h3-6,13-14,28H,8-9,11-12H2,1-2H3,(H,24,25). The van der Waals surface area contributed by atoms with Gasteiger partial charge < -0.3 is 19.4 Å². The van der Waals surface area contributed by atoms with Crippen LogP contribution in [0.4, 0.5) is 4.39 Å². The Morgan fingerprint density at radius 2 is 2.07 bits per heavy atom. The lowest BCUT2D eigenvalue weighted by molar-refractivity contribution is 0.0678. The van der Waals surface area contributed by atoms with Crippen LogP contribution in [0.5, 0.6) is 0 Å². The smallest absolute Gasteiger partial charge is 0.289 e. The van der Waals surface area contributed by atoms with Crippen molar-refractivity contribution in [3.63, 3.8) is 0 Å². The lowest BCUT2D eigenvalue weighted by atomic mass is 9.96. The number of carbonyl (C=O) groups is 1. The second-order valence-electron chi connectivity index (χ2n) is 7.82. The highest BCUT2D eigenvalue weighted by Gasteiger charge is 2.27. The Morgan fingerprint density at radius 3 is 2.79 bits per heavy atom. The average molecular weight is 395 g/mol. The fraction of sp³-hybridized carbons (Fsp3) is 0.364. The molecule has 1 saturated heterocycles. The quantitative estimate of drug-likeness (QED) is 0.652. The Bertz CT molecular complexity index is 1110. The predicted molar refractivity (Wildman–Crippen MR) is 106 cm³/mol.